The van der Waals surface area contributed by atoms with Crippen molar-refractivity contribution in [2.75, 3.05) is 26.2 Å². The van der Waals surface area contributed by atoms with Gasteiger partial charge < -0.3 is 10.4 Å². The van der Waals surface area contributed by atoms with Gasteiger partial charge in [0.15, 0.2) is 0 Å². The molecule has 0 aliphatic rings. The highest BCUT2D eigenvalue weighted by Crippen LogP contribution is 2.51. The Kier molecular flexibility index (Phi) is 18.3. The monoisotopic (exact) mass is 283 g/mol. The summed E-state index contributed by atoms with van der Waals surface area (Å²) in [5, 5.41) is 10.2. The number of aliphatic hydroxyl groups is 1. The first-order valence-corrected chi connectivity index (χ1v) is 6.82. The van der Waals surface area contributed by atoms with Crippen LogP contribution in [-0.2, 0) is 0 Å². The van der Waals surface area contributed by atoms with Gasteiger partial charge in [-0.3, -0.25) is 4.39 Å². The first kappa shape index (κ1) is 22.2. The Morgan fingerprint density at radius 1 is 1.06 bits per heavy atom. The van der Waals surface area contributed by atoms with Crippen molar-refractivity contribution in [3.05, 3.63) is 0 Å². The minimum Gasteiger partial charge on any atom is -0.396 e. The summed E-state index contributed by atoms with van der Waals surface area (Å²) in [7, 11) is 1.28. The molecule has 0 aromatic heterocycles. The van der Waals surface area contributed by atoms with Crippen LogP contribution in [0.25, 0.3) is 0 Å². The van der Waals surface area contributed by atoms with Gasteiger partial charge in [-0.25, -0.2) is 0 Å². The van der Waals surface area contributed by atoms with Gasteiger partial charge in [-0.05, 0) is 18.9 Å². The molecule has 0 rings (SSSR count). The van der Waals surface area contributed by atoms with Crippen LogP contribution in [0.15, 0.2) is 0 Å². The second-order valence-corrected chi connectivity index (χ2v) is 5.42. The first-order chi connectivity index (χ1) is 7.60. The Labute approximate surface area is 104 Å². The summed E-state index contributed by atoms with van der Waals surface area (Å²) in [5.41, 5.74) is 0. The summed E-state index contributed by atoms with van der Waals surface area (Å²) < 4.78 is 44.3. The van der Waals surface area contributed by atoms with Gasteiger partial charge in [0.05, 0.1) is 6.67 Å². The molecule has 0 atom stereocenters. The molecule has 0 aliphatic carbocycles. The SMILES string of the molecule is CC(C)CF.CC(C)CO.CNCS(F)(F)F. The fourth-order valence-corrected chi connectivity index (χ4v) is 0.491. The highest BCUT2D eigenvalue weighted by Gasteiger charge is 2.17. The Bertz CT molecular complexity index is 135. The van der Waals surface area contributed by atoms with E-state index in [9.17, 15) is 16.0 Å². The van der Waals surface area contributed by atoms with E-state index in [0.29, 0.717) is 12.5 Å². The summed E-state index contributed by atoms with van der Waals surface area (Å²) in [4.78, 5) is 0. The Morgan fingerprint density at radius 2 is 1.35 bits per heavy atom. The molecule has 0 heterocycles. The van der Waals surface area contributed by atoms with Crippen molar-refractivity contribution in [3.63, 3.8) is 0 Å². The van der Waals surface area contributed by atoms with Crippen molar-refractivity contribution in [1.29, 1.82) is 0 Å². The Morgan fingerprint density at radius 3 is 1.35 bits per heavy atom. The van der Waals surface area contributed by atoms with Crippen molar-refractivity contribution in [2.45, 2.75) is 27.7 Å². The van der Waals surface area contributed by atoms with E-state index < -0.39 is 17.1 Å². The summed E-state index contributed by atoms with van der Waals surface area (Å²) in [6.07, 6.45) is 0. The number of halogens is 4. The topological polar surface area (TPSA) is 32.3 Å². The van der Waals surface area contributed by atoms with Crippen molar-refractivity contribution in [3.8, 4) is 0 Å². The predicted octanol–water partition coefficient (Wildman–Crippen LogP) is 3.87. The molecule has 0 radical (unpaired) electrons. The van der Waals surface area contributed by atoms with Crippen LogP contribution in [0.5, 0.6) is 0 Å². The van der Waals surface area contributed by atoms with Gasteiger partial charge in [0, 0.05) is 6.61 Å². The molecule has 7 heteroatoms. The number of rotatable bonds is 4. The second kappa shape index (κ2) is 14.1. The highest BCUT2D eigenvalue weighted by molar-refractivity contribution is 8.20. The van der Waals surface area contributed by atoms with Crippen molar-refractivity contribution in [2.24, 2.45) is 11.8 Å². The average Bonchev–Trinajstić information content (AvgIpc) is 2.17. The zero-order chi connectivity index (χ0) is 14.5. The maximum atomic E-state index is 11.1. The molecule has 2 N–H and O–H groups in total. The van der Waals surface area contributed by atoms with Crippen molar-refractivity contribution < 1.29 is 21.2 Å². The molecule has 110 valence electrons. The third-order valence-electron chi connectivity index (χ3n) is 0.982. The fraction of sp³-hybridized carbons (Fsp3) is 1.00. The zero-order valence-electron chi connectivity index (χ0n) is 11.1. The van der Waals surface area contributed by atoms with Crippen LogP contribution in [0.2, 0.25) is 0 Å². The van der Waals surface area contributed by atoms with Crippen molar-refractivity contribution in [1.82, 2.24) is 5.32 Å². The lowest BCUT2D eigenvalue weighted by Crippen LogP contribution is -2.07. The highest BCUT2D eigenvalue weighted by atomic mass is 32.3. The van der Waals surface area contributed by atoms with E-state index >= 15 is 0 Å². The van der Waals surface area contributed by atoms with E-state index in [1.807, 2.05) is 33.0 Å². The van der Waals surface area contributed by atoms with E-state index in [1.54, 1.807) is 0 Å². The molecule has 17 heavy (non-hydrogen) atoms. The lowest BCUT2D eigenvalue weighted by molar-refractivity contribution is 0.248. The van der Waals surface area contributed by atoms with Crippen LogP contribution in [0, 0.1) is 11.8 Å². The molecule has 0 spiro atoms. The molecule has 0 saturated heterocycles. The quantitative estimate of drug-likeness (QED) is 0.768. The minimum absolute atomic E-state index is 0.194. The molecule has 0 saturated carbocycles. The van der Waals surface area contributed by atoms with Crippen LogP contribution in [0.4, 0.5) is 16.0 Å². The molecule has 0 bridgehead atoms. The van der Waals surface area contributed by atoms with Crippen molar-refractivity contribution >= 4 is 11.2 Å². The minimum atomic E-state index is -4.79. The van der Waals surface area contributed by atoms with Crippen LogP contribution in [0.1, 0.15) is 27.7 Å². The molecule has 0 aromatic carbocycles. The maximum Gasteiger partial charge on any atom is 0.222 e. The van der Waals surface area contributed by atoms with E-state index in [2.05, 4.69) is 0 Å². The number of nitrogens with one attached hydrogen (secondary N) is 1. The normalized spacial score (nSPS) is 11.5. The van der Waals surface area contributed by atoms with E-state index in [-0.39, 0.29) is 12.6 Å². The standard InChI is InChI=1S/C4H9F.C4H10O.C2H6F3NS/c2*1-4(2)3-5;1-6-2-7(3,4)5/h4H,3H2,1-2H3;4-5H,3H2,1-2H3;6H,2H2,1H3. The Hall–Kier alpha value is -0.0100. The largest absolute Gasteiger partial charge is 0.396 e. The second-order valence-electron chi connectivity index (χ2n) is 4.12. The molecule has 0 amide bonds. The molecule has 0 aliphatic heterocycles. The van der Waals surface area contributed by atoms with Crippen LogP contribution in [0.3, 0.4) is 0 Å². The third kappa shape index (κ3) is 49.0. The fourth-order valence-electron chi connectivity index (χ4n) is 0.164. The lowest BCUT2D eigenvalue weighted by Gasteiger charge is -2.06. The van der Waals surface area contributed by atoms with Gasteiger partial charge in [-0.15, -0.1) is 11.7 Å². The number of hydrogen-bond acceptors (Lipinski definition) is 2. The smallest absolute Gasteiger partial charge is 0.222 e. The van der Waals surface area contributed by atoms with Crippen LogP contribution >= 0.6 is 11.2 Å². The van der Waals surface area contributed by atoms with Crippen LogP contribution in [-0.4, -0.2) is 31.3 Å². The van der Waals surface area contributed by atoms with Gasteiger partial charge in [0.2, 0.25) is 11.2 Å². The van der Waals surface area contributed by atoms with Gasteiger partial charge in [-0.1, -0.05) is 27.7 Å². The summed E-state index contributed by atoms with van der Waals surface area (Å²) >= 11 is -4.79. The third-order valence-corrected chi connectivity index (χ3v) is 1.60. The van der Waals surface area contributed by atoms with E-state index in [4.69, 9.17) is 5.11 Å². The summed E-state index contributed by atoms with van der Waals surface area (Å²) in [5.74, 6) is -0.169. The number of alkyl halides is 1. The summed E-state index contributed by atoms with van der Waals surface area (Å²) in [6.45, 7) is 7.75. The predicted molar refractivity (Wildman–Crippen MR) is 67.6 cm³/mol. The molecular formula is C10H25F4NOS. The van der Waals surface area contributed by atoms with E-state index in [0.717, 1.165) is 0 Å². The Balaban J connectivity index is -0.000000177. The molecule has 2 nitrogen and oxygen atoms in total. The molecule has 0 fully saturated rings. The van der Waals surface area contributed by atoms with Gasteiger partial charge >= 0.3 is 0 Å². The number of hydrogen-bond donors (Lipinski definition) is 2. The van der Waals surface area contributed by atoms with E-state index in [1.165, 1.54) is 7.05 Å². The first-order valence-electron chi connectivity index (χ1n) is 5.31. The van der Waals surface area contributed by atoms with Gasteiger partial charge in [-0.2, -0.15) is 0 Å². The zero-order valence-corrected chi connectivity index (χ0v) is 12.0. The lowest BCUT2D eigenvalue weighted by atomic mass is 10.2. The van der Waals surface area contributed by atoms with Gasteiger partial charge in [0.25, 0.3) is 0 Å². The summed E-state index contributed by atoms with van der Waals surface area (Å²) in [6, 6.07) is 0. The number of aliphatic hydroxyl groups excluding tert-OH is 1. The van der Waals surface area contributed by atoms with Crippen LogP contribution < -0.4 is 5.32 Å². The molecular weight excluding hydrogens is 258 g/mol. The maximum absolute atomic E-state index is 11.1. The molecule has 0 unspecified atom stereocenters. The molecule has 0 aromatic rings. The van der Waals surface area contributed by atoms with Gasteiger partial charge in [0.1, 0.15) is 5.88 Å². The average molecular weight is 283 g/mol.